The molecule has 1 aromatic heterocycles. The van der Waals surface area contributed by atoms with Gasteiger partial charge in [0.05, 0.1) is 18.1 Å². The Morgan fingerprint density at radius 3 is 2.55 bits per heavy atom. The van der Waals surface area contributed by atoms with E-state index in [2.05, 4.69) is 5.32 Å². The Morgan fingerprint density at radius 1 is 1.40 bits per heavy atom. The van der Waals surface area contributed by atoms with Crippen LogP contribution in [0.2, 0.25) is 0 Å². The van der Waals surface area contributed by atoms with E-state index in [0.29, 0.717) is 0 Å². The lowest BCUT2D eigenvalue weighted by Gasteiger charge is -2.45. The van der Waals surface area contributed by atoms with Crippen LogP contribution in [0, 0.1) is 6.92 Å². The molecule has 20 heavy (non-hydrogen) atoms. The largest absolute Gasteiger partial charge is 0.326 e. The smallest absolute Gasteiger partial charge is 0.246 e. The molecule has 2 atom stereocenters. The van der Waals surface area contributed by atoms with Crippen LogP contribution in [0.5, 0.6) is 0 Å². The van der Waals surface area contributed by atoms with Gasteiger partial charge in [-0.15, -0.1) is 11.3 Å². The zero-order valence-electron chi connectivity index (χ0n) is 12.3. The number of amides is 2. The Hall–Kier alpha value is -1.24. The number of hydrogen-bond acceptors (Lipinski definition) is 5. The molecule has 5 nitrogen and oxygen atoms in total. The molecule has 1 fully saturated rings. The normalized spacial score (nSPS) is 22.4. The van der Waals surface area contributed by atoms with Gasteiger partial charge in [0.25, 0.3) is 0 Å². The summed E-state index contributed by atoms with van der Waals surface area (Å²) in [5.74, 6) is -0.541. The minimum atomic E-state index is -0.760. The summed E-state index contributed by atoms with van der Waals surface area (Å²) in [6.45, 7) is 7.77. The van der Waals surface area contributed by atoms with Gasteiger partial charge in [0.2, 0.25) is 11.8 Å². The molecule has 1 aliphatic heterocycles. The lowest BCUT2D eigenvalue weighted by Crippen LogP contribution is -2.66. The monoisotopic (exact) mass is 295 g/mol. The number of nitrogens with one attached hydrogen (secondary N) is 1. The van der Waals surface area contributed by atoms with Crippen molar-refractivity contribution in [2.75, 3.05) is 6.54 Å². The van der Waals surface area contributed by atoms with Gasteiger partial charge in [0.15, 0.2) is 0 Å². The van der Waals surface area contributed by atoms with Crippen molar-refractivity contribution in [1.82, 2.24) is 10.2 Å². The van der Waals surface area contributed by atoms with Gasteiger partial charge in [-0.3, -0.25) is 19.8 Å². The fourth-order valence-corrected chi connectivity index (χ4v) is 3.66. The van der Waals surface area contributed by atoms with Crippen LogP contribution in [0.1, 0.15) is 36.6 Å². The molecule has 0 aromatic carbocycles. The Labute approximate surface area is 123 Å². The second-order valence-corrected chi connectivity index (χ2v) is 7.14. The van der Waals surface area contributed by atoms with Crippen molar-refractivity contribution in [3.8, 4) is 0 Å². The van der Waals surface area contributed by atoms with Crippen LogP contribution in [-0.4, -0.2) is 34.8 Å². The molecule has 0 aliphatic carbocycles. The molecule has 1 saturated heterocycles. The number of aryl methyl sites for hydroxylation is 1. The molecular weight excluding hydrogens is 274 g/mol. The van der Waals surface area contributed by atoms with E-state index < -0.39 is 5.54 Å². The predicted molar refractivity (Wildman–Crippen MR) is 79.4 cm³/mol. The number of thiophene rings is 1. The lowest BCUT2D eigenvalue weighted by atomic mass is 9.93. The summed E-state index contributed by atoms with van der Waals surface area (Å²) in [5, 5.41) is 2.39. The average molecular weight is 295 g/mol. The molecule has 0 saturated carbocycles. The molecule has 2 rings (SSSR count). The molecule has 1 aromatic rings. The highest BCUT2D eigenvalue weighted by Gasteiger charge is 2.45. The zero-order chi connectivity index (χ0) is 15.1. The Bertz CT molecular complexity index is 536. The van der Waals surface area contributed by atoms with Crippen LogP contribution in [0.25, 0.3) is 0 Å². The van der Waals surface area contributed by atoms with Gasteiger partial charge in [-0.2, -0.15) is 0 Å². The number of nitrogens with two attached hydrogens (primary N) is 1. The van der Waals surface area contributed by atoms with Crippen molar-refractivity contribution in [2.45, 2.75) is 45.3 Å². The van der Waals surface area contributed by atoms with Crippen molar-refractivity contribution < 1.29 is 9.59 Å². The predicted octanol–water partition coefficient (Wildman–Crippen LogP) is 1.18. The summed E-state index contributed by atoms with van der Waals surface area (Å²) in [6.07, 6.45) is 0. The van der Waals surface area contributed by atoms with Crippen molar-refractivity contribution in [3.05, 3.63) is 21.9 Å². The highest BCUT2D eigenvalue weighted by Crippen LogP contribution is 2.35. The third-order valence-corrected chi connectivity index (χ3v) is 4.80. The highest BCUT2D eigenvalue weighted by atomic mass is 32.1. The summed E-state index contributed by atoms with van der Waals surface area (Å²) >= 11 is 1.66. The summed E-state index contributed by atoms with van der Waals surface area (Å²) in [7, 11) is 0. The van der Waals surface area contributed by atoms with E-state index in [9.17, 15) is 9.59 Å². The minimum Gasteiger partial charge on any atom is -0.326 e. The van der Waals surface area contributed by atoms with Crippen molar-refractivity contribution in [2.24, 2.45) is 5.73 Å². The number of imide groups is 1. The zero-order valence-corrected chi connectivity index (χ0v) is 13.1. The first kappa shape index (κ1) is 15.2. The van der Waals surface area contributed by atoms with Gasteiger partial charge < -0.3 is 5.73 Å². The second kappa shape index (κ2) is 5.27. The molecular formula is C14H21N3O2S. The first-order valence-corrected chi connectivity index (χ1v) is 7.48. The summed E-state index contributed by atoms with van der Waals surface area (Å²) in [6, 6.07) is 3.75. The van der Waals surface area contributed by atoms with E-state index in [0.717, 1.165) is 4.88 Å². The molecule has 1 aliphatic rings. The second-order valence-electron chi connectivity index (χ2n) is 5.82. The molecule has 6 heteroatoms. The molecule has 3 N–H and O–H groups in total. The molecule has 0 bridgehead atoms. The Morgan fingerprint density at radius 2 is 2.05 bits per heavy atom. The summed E-state index contributed by atoms with van der Waals surface area (Å²) in [4.78, 5) is 28.0. The topological polar surface area (TPSA) is 75.4 Å². The Kier molecular flexibility index (Phi) is 4.00. The van der Waals surface area contributed by atoms with Gasteiger partial charge in [-0.1, -0.05) is 0 Å². The quantitative estimate of drug-likeness (QED) is 0.821. The maximum atomic E-state index is 12.1. The van der Waals surface area contributed by atoms with Crippen molar-refractivity contribution in [1.29, 1.82) is 0 Å². The summed E-state index contributed by atoms with van der Waals surface area (Å²) in [5.41, 5.74) is 5.38. The molecule has 2 amide bonds. The molecule has 2 heterocycles. The average Bonchev–Trinajstić information content (AvgIpc) is 2.72. The van der Waals surface area contributed by atoms with Crippen molar-refractivity contribution >= 4 is 23.2 Å². The van der Waals surface area contributed by atoms with Gasteiger partial charge in [0.1, 0.15) is 0 Å². The lowest BCUT2D eigenvalue weighted by molar-refractivity contribution is -0.147. The summed E-state index contributed by atoms with van der Waals surface area (Å²) < 4.78 is 0. The van der Waals surface area contributed by atoms with E-state index in [1.54, 1.807) is 11.3 Å². The number of hydrogen-bond donors (Lipinski definition) is 2. The van der Waals surface area contributed by atoms with Gasteiger partial charge in [-0.05, 0) is 39.8 Å². The minimum absolute atomic E-state index is 0.140. The van der Waals surface area contributed by atoms with E-state index in [1.165, 1.54) is 4.88 Å². The third-order valence-electron chi connectivity index (χ3n) is 3.73. The number of carbonyl (C=O) groups excluding carboxylic acids is 2. The van der Waals surface area contributed by atoms with Gasteiger partial charge >= 0.3 is 0 Å². The van der Waals surface area contributed by atoms with E-state index in [1.807, 2.05) is 44.7 Å². The van der Waals surface area contributed by atoms with Crippen LogP contribution in [0.15, 0.2) is 12.1 Å². The number of carbonyl (C=O) groups is 2. The van der Waals surface area contributed by atoms with Crippen LogP contribution in [0.3, 0.4) is 0 Å². The van der Waals surface area contributed by atoms with E-state index in [4.69, 9.17) is 5.73 Å². The SMILES string of the molecule is Cc1ccc(C(C(C)N)N2CC(=O)NC(=O)C2(C)C)s1. The number of nitrogens with zero attached hydrogens (tertiary/aromatic N) is 1. The maximum Gasteiger partial charge on any atom is 0.246 e. The van der Waals surface area contributed by atoms with Gasteiger partial charge in [-0.25, -0.2) is 0 Å². The first-order chi connectivity index (χ1) is 9.23. The van der Waals surface area contributed by atoms with E-state index >= 15 is 0 Å². The van der Waals surface area contributed by atoms with Crippen LogP contribution in [0.4, 0.5) is 0 Å². The molecule has 110 valence electrons. The first-order valence-electron chi connectivity index (χ1n) is 6.66. The molecule has 0 spiro atoms. The number of piperazine rings is 1. The Balaban J connectivity index is 2.42. The van der Waals surface area contributed by atoms with Crippen LogP contribution >= 0.6 is 11.3 Å². The third kappa shape index (κ3) is 2.63. The molecule has 2 unspecified atom stereocenters. The fourth-order valence-electron chi connectivity index (χ4n) is 2.56. The standard InChI is InChI=1S/C14H21N3O2S/c1-8-5-6-10(20-8)12(9(2)15)17-7-11(18)16-13(19)14(17,3)4/h5-6,9,12H,7,15H2,1-4H3,(H,16,18,19). The van der Waals surface area contributed by atoms with Crippen LogP contribution in [-0.2, 0) is 9.59 Å². The maximum absolute atomic E-state index is 12.1. The van der Waals surface area contributed by atoms with Crippen LogP contribution < -0.4 is 11.1 Å². The fraction of sp³-hybridized carbons (Fsp3) is 0.571. The molecule has 0 radical (unpaired) electrons. The highest BCUT2D eigenvalue weighted by molar-refractivity contribution is 7.12. The van der Waals surface area contributed by atoms with Gasteiger partial charge in [0, 0.05) is 15.8 Å². The van der Waals surface area contributed by atoms with Crippen molar-refractivity contribution in [3.63, 3.8) is 0 Å². The number of rotatable bonds is 3. The van der Waals surface area contributed by atoms with E-state index in [-0.39, 0.29) is 30.4 Å².